The van der Waals surface area contributed by atoms with E-state index in [4.69, 9.17) is 11.5 Å². The smallest absolute Gasteiger partial charge is 0.128 e. The zero-order valence-electron chi connectivity index (χ0n) is 14.3. The van der Waals surface area contributed by atoms with Crippen molar-refractivity contribution in [3.8, 4) is 0 Å². The second-order valence-electron chi connectivity index (χ2n) is 5.92. The van der Waals surface area contributed by atoms with Gasteiger partial charge in [0.05, 0.1) is 6.61 Å². The molecule has 6 heteroatoms. The fourth-order valence-electron chi connectivity index (χ4n) is 2.68. The predicted octanol–water partition coefficient (Wildman–Crippen LogP) is 3.41. The zero-order valence-corrected chi connectivity index (χ0v) is 14.3. The molecule has 0 aromatic heterocycles. The average molecular weight is 362 g/mol. The molecule has 0 radical (unpaired) electrons. The fourth-order valence-corrected chi connectivity index (χ4v) is 2.68. The molecule has 26 heavy (non-hydrogen) atoms. The molecular formula is C20H21F3N2O. The molecule has 5 N–H and O–H groups in total. The summed E-state index contributed by atoms with van der Waals surface area (Å²) < 4.78 is 40.3. The molecule has 0 aliphatic heterocycles. The van der Waals surface area contributed by atoms with Crippen molar-refractivity contribution in [3.05, 3.63) is 88.4 Å². The van der Waals surface area contributed by atoms with Gasteiger partial charge in [0.1, 0.15) is 17.5 Å². The molecule has 0 bridgehead atoms. The minimum Gasteiger partial charge on any atom is -0.400 e. The van der Waals surface area contributed by atoms with Gasteiger partial charge in [-0.3, -0.25) is 0 Å². The standard InChI is InChI=1S/C20H21F3N2O/c1-2-3-17(13-4-5-18(23)14(9-13)11-26)20(25)19(24)8-12-6-15(21)10-16(22)7-12/h2-7,9-10,19,26H,8,11,24-25H2,1H3/b3-2-,20-17+. The number of allylic oxidation sites excluding steroid dienone is 3. The first-order valence-corrected chi connectivity index (χ1v) is 8.08. The number of hydrogen-bond acceptors (Lipinski definition) is 3. The Kier molecular flexibility index (Phi) is 6.60. The van der Waals surface area contributed by atoms with Gasteiger partial charge in [-0.15, -0.1) is 0 Å². The van der Waals surface area contributed by atoms with Crippen LogP contribution in [0, 0.1) is 17.5 Å². The highest BCUT2D eigenvalue weighted by molar-refractivity contribution is 5.77. The van der Waals surface area contributed by atoms with Gasteiger partial charge in [-0.1, -0.05) is 18.2 Å². The second-order valence-corrected chi connectivity index (χ2v) is 5.92. The lowest BCUT2D eigenvalue weighted by Crippen LogP contribution is -2.31. The highest BCUT2D eigenvalue weighted by Crippen LogP contribution is 2.23. The maximum Gasteiger partial charge on any atom is 0.128 e. The molecule has 0 aliphatic rings. The van der Waals surface area contributed by atoms with Gasteiger partial charge >= 0.3 is 0 Å². The van der Waals surface area contributed by atoms with E-state index >= 15 is 0 Å². The maximum atomic E-state index is 13.6. The summed E-state index contributed by atoms with van der Waals surface area (Å²) in [5.74, 6) is -1.89. The molecule has 3 nitrogen and oxygen atoms in total. The third kappa shape index (κ3) is 4.74. The van der Waals surface area contributed by atoms with Gasteiger partial charge in [0.15, 0.2) is 0 Å². The lowest BCUT2D eigenvalue weighted by Gasteiger charge is -2.17. The van der Waals surface area contributed by atoms with E-state index in [1.807, 2.05) is 0 Å². The van der Waals surface area contributed by atoms with Crippen molar-refractivity contribution < 1.29 is 18.3 Å². The molecule has 1 atom stereocenters. The summed E-state index contributed by atoms with van der Waals surface area (Å²) in [6, 6.07) is 6.75. The molecule has 1 unspecified atom stereocenters. The molecule has 2 rings (SSSR count). The Morgan fingerprint density at radius 1 is 1.12 bits per heavy atom. The third-order valence-electron chi connectivity index (χ3n) is 3.95. The Bertz CT molecular complexity index is 827. The highest BCUT2D eigenvalue weighted by Gasteiger charge is 2.15. The zero-order chi connectivity index (χ0) is 19.3. The Labute approximate surface area is 150 Å². The number of aliphatic hydroxyl groups is 1. The summed E-state index contributed by atoms with van der Waals surface area (Å²) in [5.41, 5.74) is 14.3. The van der Waals surface area contributed by atoms with Crippen LogP contribution in [0.15, 0.2) is 54.2 Å². The summed E-state index contributed by atoms with van der Waals surface area (Å²) in [7, 11) is 0. The SMILES string of the molecule is C/C=C\C(=C(/N)C(N)Cc1cc(F)cc(F)c1)c1ccc(F)c(CO)c1. The van der Waals surface area contributed by atoms with Gasteiger partial charge in [-0.2, -0.15) is 0 Å². The summed E-state index contributed by atoms with van der Waals surface area (Å²) in [4.78, 5) is 0. The first-order chi connectivity index (χ1) is 12.3. The molecule has 0 saturated heterocycles. The topological polar surface area (TPSA) is 72.3 Å². The minimum absolute atomic E-state index is 0.135. The lowest BCUT2D eigenvalue weighted by molar-refractivity contribution is 0.275. The van der Waals surface area contributed by atoms with E-state index < -0.39 is 30.1 Å². The Morgan fingerprint density at radius 3 is 2.35 bits per heavy atom. The van der Waals surface area contributed by atoms with E-state index in [0.717, 1.165) is 6.07 Å². The van der Waals surface area contributed by atoms with Gasteiger partial charge in [0, 0.05) is 28.9 Å². The number of benzene rings is 2. The molecule has 0 fully saturated rings. The quantitative estimate of drug-likeness (QED) is 0.690. The molecule has 0 spiro atoms. The number of nitrogens with two attached hydrogens (primary N) is 2. The van der Waals surface area contributed by atoms with Crippen LogP contribution in [0.4, 0.5) is 13.2 Å². The molecule has 138 valence electrons. The van der Waals surface area contributed by atoms with Crippen LogP contribution in [0.5, 0.6) is 0 Å². The molecule has 0 heterocycles. The van der Waals surface area contributed by atoms with Crippen molar-refractivity contribution in [1.82, 2.24) is 0 Å². The van der Waals surface area contributed by atoms with Gasteiger partial charge in [0.2, 0.25) is 0 Å². The number of aliphatic hydroxyl groups excluding tert-OH is 1. The molecule has 0 amide bonds. The van der Waals surface area contributed by atoms with Crippen LogP contribution in [0.1, 0.15) is 23.6 Å². The molecule has 2 aromatic carbocycles. The van der Waals surface area contributed by atoms with Crippen molar-refractivity contribution in [2.75, 3.05) is 0 Å². The van der Waals surface area contributed by atoms with Crippen LogP contribution in [-0.2, 0) is 13.0 Å². The second kappa shape index (κ2) is 8.69. The number of hydrogen-bond donors (Lipinski definition) is 3. The van der Waals surface area contributed by atoms with E-state index in [1.54, 1.807) is 19.1 Å². The summed E-state index contributed by atoms with van der Waals surface area (Å²) >= 11 is 0. The molecule has 0 saturated carbocycles. The summed E-state index contributed by atoms with van der Waals surface area (Å²) in [5, 5.41) is 9.25. The third-order valence-corrected chi connectivity index (χ3v) is 3.95. The Morgan fingerprint density at radius 2 is 1.77 bits per heavy atom. The average Bonchev–Trinajstić information content (AvgIpc) is 2.58. The van der Waals surface area contributed by atoms with Crippen molar-refractivity contribution in [3.63, 3.8) is 0 Å². The lowest BCUT2D eigenvalue weighted by atomic mass is 9.95. The Hall–Kier alpha value is -2.57. The number of halogens is 3. The molecule has 2 aromatic rings. The van der Waals surface area contributed by atoms with Crippen molar-refractivity contribution in [1.29, 1.82) is 0 Å². The van der Waals surface area contributed by atoms with Gasteiger partial charge in [-0.25, -0.2) is 13.2 Å². The minimum atomic E-state index is -0.704. The van der Waals surface area contributed by atoms with Crippen LogP contribution in [0.3, 0.4) is 0 Å². The van der Waals surface area contributed by atoms with E-state index in [1.165, 1.54) is 30.3 Å². The van der Waals surface area contributed by atoms with E-state index in [2.05, 4.69) is 0 Å². The van der Waals surface area contributed by atoms with Crippen LogP contribution in [-0.4, -0.2) is 11.1 Å². The van der Waals surface area contributed by atoms with Crippen molar-refractivity contribution in [2.45, 2.75) is 26.0 Å². The molecule has 0 aliphatic carbocycles. The Balaban J connectivity index is 2.40. The van der Waals surface area contributed by atoms with Gasteiger partial charge in [-0.05, 0) is 48.7 Å². The largest absolute Gasteiger partial charge is 0.400 e. The first kappa shape index (κ1) is 19.8. The first-order valence-electron chi connectivity index (χ1n) is 8.08. The highest BCUT2D eigenvalue weighted by atomic mass is 19.1. The molecular weight excluding hydrogens is 341 g/mol. The summed E-state index contributed by atoms with van der Waals surface area (Å²) in [6.07, 6.45) is 3.60. The van der Waals surface area contributed by atoms with E-state index in [-0.39, 0.29) is 12.0 Å². The van der Waals surface area contributed by atoms with E-state index in [0.29, 0.717) is 22.4 Å². The van der Waals surface area contributed by atoms with E-state index in [9.17, 15) is 18.3 Å². The van der Waals surface area contributed by atoms with Crippen LogP contribution < -0.4 is 11.5 Å². The predicted molar refractivity (Wildman–Crippen MR) is 96.3 cm³/mol. The van der Waals surface area contributed by atoms with Crippen molar-refractivity contribution in [2.24, 2.45) is 11.5 Å². The van der Waals surface area contributed by atoms with Crippen molar-refractivity contribution >= 4 is 5.57 Å². The number of rotatable bonds is 6. The van der Waals surface area contributed by atoms with Gasteiger partial charge < -0.3 is 16.6 Å². The maximum absolute atomic E-state index is 13.6. The van der Waals surface area contributed by atoms with Crippen LogP contribution in [0.2, 0.25) is 0 Å². The van der Waals surface area contributed by atoms with Gasteiger partial charge in [0.25, 0.3) is 0 Å². The normalized spacial score (nSPS) is 13.8. The van der Waals surface area contributed by atoms with Crippen LogP contribution in [0.25, 0.3) is 5.57 Å². The van der Waals surface area contributed by atoms with Crippen LogP contribution >= 0.6 is 0 Å². The monoisotopic (exact) mass is 362 g/mol. The summed E-state index contributed by atoms with van der Waals surface area (Å²) in [6.45, 7) is 1.34. The fraction of sp³-hybridized carbons (Fsp3) is 0.200.